The van der Waals surface area contributed by atoms with E-state index in [1.165, 1.54) is 49.3 Å². The molecule has 4 aromatic rings. The van der Waals surface area contributed by atoms with Crippen LogP contribution in [-0.4, -0.2) is 29.9 Å². The normalized spacial score (nSPS) is 10.9. The number of benzene rings is 3. The second-order valence-electron chi connectivity index (χ2n) is 7.42. The fourth-order valence-corrected chi connectivity index (χ4v) is 4.30. The summed E-state index contributed by atoms with van der Waals surface area (Å²) in [4.78, 5) is 42.6. The third-order valence-corrected chi connectivity index (χ3v) is 5.91. The van der Waals surface area contributed by atoms with Gasteiger partial charge in [-0.3, -0.25) is 14.5 Å². The largest absolute Gasteiger partial charge is 0.465 e. The average Bonchev–Trinajstić information content (AvgIpc) is 3.31. The number of nitrogens with one attached hydrogen (secondary N) is 1. The smallest absolute Gasteiger partial charge is 0.339 e. The van der Waals surface area contributed by atoms with Crippen LogP contribution in [0.2, 0.25) is 0 Å². The maximum atomic E-state index is 14.2. The standard InChI is InChI=1S/C26H20FN3O4S/c1-16(31)30(23-10-6-5-9-21(23)27)26-28-19(15-35-26)11-12-24(32)29-22-14-18-8-4-3-7-17(18)13-20(22)25(33)34-2/h3-15H,1-2H3,(H,29,32)/b12-11+. The Morgan fingerprint density at radius 1 is 1.06 bits per heavy atom. The molecule has 2 amide bonds. The number of hydrogen-bond acceptors (Lipinski definition) is 6. The van der Waals surface area contributed by atoms with Crippen molar-refractivity contribution < 1.29 is 23.5 Å². The number of esters is 1. The van der Waals surface area contributed by atoms with Gasteiger partial charge in [0, 0.05) is 18.4 Å². The van der Waals surface area contributed by atoms with Gasteiger partial charge in [0.1, 0.15) is 5.82 Å². The van der Waals surface area contributed by atoms with Crippen LogP contribution in [0.25, 0.3) is 16.8 Å². The van der Waals surface area contributed by atoms with Gasteiger partial charge in [0.2, 0.25) is 11.8 Å². The van der Waals surface area contributed by atoms with Gasteiger partial charge >= 0.3 is 5.97 Å². The lowest BCUT2D eigenvalue weighted by molar-refractivity contribution is -0.116. The molecule has 0 unspecified atom stereocenters. The summed E-state index contributed by atoms with van der Waals surface area (Å²) in [6.45, 7) is 1.32. The topological polar surface area (TPSA) is 88.6 Å². The molecule has 0 aliphatic rings. The Bertz CT molecular complexity index is 1460. The number of hydrogen-bond donors (Lipinski definition) is 1. The van der Waals surface area contributed by atoms with Gasteiger partial charge in [0.05, 0.1) is 29.7 Å². The van der Waals surface area contributed by atoms with Gasteiger partial charge in [0.15, 0.2) is 5.13 Å². The number of carbonyl (C=O) groups excluding carboxylic acids is 3. The lowest BCUT2D eigenvalue weighted by atomic mass is 10.0. The third-order valence-electron chi connectivity index (χ3n) is 5.06. The van der Waals surface area contributed by atoms with Crippen LogP contribution in [0, 0.1) is 5.82 Å². The number of anilines is 3. The summed E-state index contributed by atoms with van der Waals surface area (Å²) in [7, 11) is 1.27. The van der Waals surface area contributed by atoms with E-state index in [0.717, 1.165) is 22.1 Å². The lowest BCUT2D eigenvalue weighted by Gasteiger charge is -2.18. The van der Waals surface area contributed by atoms with E-state index < -0.39 is 23.6 Å². The molecular weight excluding hydrogens is 469 g/mol. The van der Waals surface area contributed by atoms with Crippen molar-refractivity contribution in [1.82, 2.24) is 4.98 Å². The Kier molecular flexibility index (Phi) is 6.98. The third kappa shape index (κ3) is 5.25. The Hall–Kier alpha value is -4.37. The molecule has 0 saturated carbocycles. The van der Waals surface area contributed by atoms with Gasteiger partial charge in [-0.05, 0) is 41.1 Å². The van der Waals surface area contributed by atoms with Gasteiger partial charge in [-0.1, -0.05) is 36.4 Å². The zero-order chi connectivity index (χ0) is 24.9. The number of methoxy groups -OCH3 is 1. The number of para-hydroxylation sites is 1. The van der Waals surface area contributed by atoms with E-state index >= 15 is 0 Å². The van der Waals surface area contributed by atoms with Crippen molar-refractivity contribution >= 4 is 62.5 Å². The van der Waals surface area contributed by atoms with Crippen LogP contribution in [0.15, 0.2) is 72.1 Å². The minimum atomic E-state index is -0.573. The number of ether oxygens (including phenoxy) is 1. The summed E-state index contributed by atoms with van der Waals surface area (Å²) >= 11 is 1.14. The van der Waals surface area contributed by atoms with Crippen LogP contribution in [0.4, 0.5) is 20.9 Å². The van der Waals surface area contributed by atoms with Crippen molar-refractivity contribution in [3.8, 4) is 0 Å². The number of nitrogens with zero attached hydrogens (tertiary/aromatic N) is 2. The summed E-state index contributed by atoms with van der Waals surface area (Å²) in [5, 5.41) is 6.30. The van der Waals surface area contributed by atoms with Gasteiger partial charge < -0.3 is 10.1 Å². The number of thiazole rings is 1. The monoisotopic (exact) mass is 489 g/mol. The number of halogens is 1. The Balaban J connectivity index is 1.55. The molecule has 3 aromatic carbocycles. The highest BCUT2D eigenvalue weighted by molar-refractivity contribution is 7.14. The Morgan fingerprint density at radius 3 is 2.43 bits per heavy atom. The number of fused-ring (bicyclic) bond motifs is 1. The van der Waals surface area contributed by atoms with E-state index in [1.54, 1.807) is 23.6 Å². The highest BCUT2D eigenvalue weighted by Crippen LogP contribution is 2.31. The molecule has 35 heavy (non-hydrogen) atoms. The average molecular weight is 490 g/mol. The first-order chi connectivity index (χ1) is 16.9. The molecule has 176 valence electrons. The Morgan fingerprint density at radius 2 is 1.74 bits per heavy atom. The van der Waals surface area contributed by atoms with E-state index in [0.29, 0.717) is 11.4 Å². The highest BCUT2D eigenvalue weighted by atomic mass is 32.1. The zero-order valence-corrected chi connectivity index (χ0v) is 19.6. The molecule has 1 aromatic heterocycles. The summed E-state index contributed by atoms with van der Waals surface area (Å²) < 4.78 is 19.1. The van der Waals surface area contributed by atoms with Crippen molar-refractivity contribution in [1.29, 1.82) is 0 Å². The van der Waals surface area contributed by atoms with Crippen molar-refractivity contribution in [2.24, 2.45) is 0 Å². The molecule has 0 saturated heterocycles. The number of rotatable bonds is 6. The molecular formula is C26H20FN3O4S. The SMILES string of the molecule is COC(=O)c1cc2ccccc2cc1NC(=O)/C=C/c1csc(N(C(C)=O)c2ccccc2F)n1. The first kappa shape index (κ1) is 23.8. The van der Waals surface area contributed by atoms with Gasteiger partial charge in [-0.25, -0.2) is 14.2 Å². The van der Waals surface area contributed by atoms with Crippen LogP contribution in [0.1, 0.15) is 23.0 Å². The number of carbonyl (C=O) groups is 3. The molecule has 0 spiro atoms. The molecule has 7 nitrogen and oxygen atoms in total. The summed E-state index contributed by atoms with van der Waals surface area (Å²) in [5.41, 5.74) is 1.04. The van der Waals surface area contributed by atoms with Crippen LogP contribution in [-0.2, 0) is 14.3 Å². The van der Waals surface area contributed by atoms with E-state index in [9.17, 15) is 18.8 Å². The minimum absolute atomic E-state index is 0.0919. The summed E-state index contributed by atoms with van der Waals surface area (Å²) in [6, 6.07) is 16.7. The van der Waals surface area contributed by atoms with E-state index in [4.69, 9.17) is 4.74 Å². The van der Waals surface area contributed by atoms with Gasteiger partial charge in [-0.2, -0.15) is 0 Å². The first-order valence-electron chi connectivity index (χ1n) is 10.5. The molecule has 1 N–H and O–H groups in total. The molecule has 0 aliphatic heterocycles. The number of amides is 2. The fourth-order valence-electron chi connectivity index (χ4n) is 3.45. The number of aromatic nitrogens is 1. The van der Waals surface area contributed by atoms with Crippen molar-refractivity contribution in [2.45, 2.75) is 6.92 Å². The van der Waals surface area contributed by atoms with Crippen LogP contribution in [0.3, 0.4) is 0 Å². The van der Waals surface area contributed by atoms with Gasteiger partial charge in [0.25, 0.3) is 0 Å². The molecule has 0 fully saturated rings. The van der Waals surface area contributed by atoms with Crippen LogP contribution < -0.4 is 10.2 Å². The molecule has 0 atom stereocenters. The highest BCUT2D eigenvalue weighted by Gasteiger charge is 2.20. The van der Waals surface area contributed by atoms with Crippen molar-refractivity contribution in [3.63, 3.8) is 0 Å². The molecule has 0 radical (unpaired) electrons. The zero-order valence-electron chi connectivity index (χ0n) is 18.8. The second kappa shape index (κ2) is 10.3. The van der Waals surface area contributed by atoms with Gasteiger partial charge in [-0.15, -0.1) is 11.3 Å². The van der Waals surface area contributed by atoms with E-state index in [2.05, 4.69) is 10.3 Å². The molecule has 0 aliphatic carbocycles. The lowest BCUT2D eigenvalue weighted by Crippen LogP contribution is -2.23. The maximum absolute atomic E-state index is 14.2. The molecule has 1 heterocycles. The summed E-state index contributed by atoms with van der Waals surface area (Å²) in [5.74, 6) is -2.01. The Labute approximate surface area is 204 Å². The van der Waals surface area contributed by atoms with Crippen molar-refractivity contribution in [3.05, 3.63) is 89.2 Å². The van der Waals surface area contributed by atoms with E-state index in [-0.39, 0.29) is 16.4 Å². The second-order valence-corrected chi connectivity index (χ2v) is 8.26. The van der Waals surface area contributed by atoms with Crippen LogP contribution in [0.5, 0.6) is 0 Å². The van der Waals surface area contributed by atoms with Crippen LogP contribution >= 0.6 is 11.3 Å². The van der Waals surface area contributed by atoms with E-state index in [1.807, 2.05) is 24.3 Å². The molecule has 4 rings (SSSR count). The molecule has 0 bridgehead atoms. The quantitative estimate of drug-likeness (QED) is 0.283. The van der Waals surface area contributed by atoms with Crippen molar-refractivity contribution in [2.75, 3.05) is 17.3 Å². The maximum Gasteiger partial charge on any atom is 0.339 e. The summed E-state index contributed by atoms with van der Waals surface area (Å²) in [6.07, 6.45) is 2.73. The predicted octanol–water partition coefficient (Wildman–Crippen LogP) is 5.56. The first-order valence-corrected chi connectivity index (χ1v) is 11.4. The fraction of sp³-hybridized carbons (Fsp3) is 0.0769. The minimum Gasteiger partial charge on any atom is -0.465 e. The molecule has 9 heteroatoms. The predicted molar refractivity (Wildman–Crippen MR) is 134 cm³/mol.